The standard InChI is InChI=1S/C21H20F3NO3/c1-13-11-25(20(27)21(22,23)24)8-7-14-9-19(28-2)18(10-17(13)14)16-6-4-3-5-15(16)12-26/h3-6,9-10,12-13H,7-8,11H2,1-2H3. The number of amides is 1. The highest BCUT2D eigenvalue weighted by atomic mass is 19.4. The van der Waals surface area contributed by atoms with Crippen LogP contribution in [0.3, 0.4) is 0 Å². The maximum absolute atomic E-state index is 12.9. The first kappa shape index (κ1) is 19.9. The molecular weight excluding hydrogens is 371 g/mol. The van der Waals surface area contributed by atoms with Crippen molar-refractivity contribution in [2.24, 2.45) is 0 Å². The lowest BCUT2D eigenvalue weighted by Gasteiger charge is -2.24. The average Bonchev–Trinajstić information content (AvgIpc) is 2.84. The maximum Gasteiger partial charge on any atom is 0.471 e. The van der Waals surface area contributed by atoms with Gasteiger partial charge >= 0.3 is 12.1 Å². The van der Waals surface area contributed by atoms with Crippen molar-refractivity contribution in [2.45, 2.75) is 25.4 Å². The topological polar surface area (TPSA) is 46.6 Å². The molecule has 0 spiro atoms. The summed E-state index contributed by atoms with van der Waals surface area (Å²) in [4.78, 5) is 24.0. The van der Waals surface area contributed by atoms with E-state index in [0.717, 1.165) is 22.3 Å². The molecule has 2 aromatic rings. The molecule has 1 atom stereocenters. The van der Waals surface area contributed by atoms with E-state index in [1.165, 1.54) is 7.11 Å². The second-order valence-electron chi connectivity index (χ2n) is 6.86. The highest BCUT2D eigenvalue weighted by molar-refractivity contribution is 5.89. The van der Waals surface area contributed by atoms with Gasteiger partial charge in [0.25, 0.3) is 0 Å². The number of hydrogen-bond donors (Lipinski definition) is 0. The van der Waals surface area contributed by atoms with Crippen molar-refractivity contribution < 1.29 is 27.5 Å². The summed E-state index contributed by atoms with van der Waals surface area (Å²) in [7, 11) is 1.51. The number of alkyl halides is 3. The molecule has 1 unspecified atom stereocenters. The minimum absolute atomic E-state index is 0.0108. The fourth-order valence-electron chi connectivity index (χ4n) is 3.68. The van der Waals surface area contributed by atoms with Crippen LogP contribution in [0.1, 0.15) is 34.3 Å². The Hall–Kier alpha value is -2.83. The third kappa shape index (κ3) is 3.74. The number of aldehydes is 1. The number of fused-ring (bicyclic) bond motifs is 1. The number of halogens is 3. The highest BCUT2D eigenvalue weighted by Crippen LogP contribution is 2.38. The van der Waals surface area contributed by atoms with Crippen LogP contribution in [0.25, 0.3) is 11.1 Å². The lowest BCUT2D eigenvalue weighted by Crippen LogP contribution is -2.42. The molecule has 1 amide bonds. The molecule has 3 rings (SSSR count). The van der Waals surface area contributed by atoms with Crippen molar-refractivity contribution in [2.75, 3.05) is 20.2 Å². The number of rotatable bonds is 3. The van der Waals surface area contributed by atoms with Gasteiger partial charge in [0.15, 0.2) is 6.29 Å². The van der Waals surface area contributed by atoms with Crippen LogP contribution >= 0.6 is 0 Å². The molecule has 2 aromatic carbocycles. The highest BCUT2D eigenvalue weighted by Gasteiger charge is 2.43. The molecule has 0 radical (unpaired) electrons. The number of carbonyl (C=O) groups is 2. The minimum Gasteiger partial charge on any atom is -0.496 e. The summed E-state index contributed by atoms with van der Waals surface area (Å²) in [5, 5.41) is 0. The van der Waals surface area contributed by atoms with Crippen molar-refractivity contribution in [3.8, 4) is 16.9 Å². The quantitative estimate of drug-likeness (QED) is 0.736. The van der Waals surface area contributed by atoms with E-state index in [1.54, 1.807) is 37.3 Å². The summed E-state index contributed by atoms with van der Waals surface area (Å²) in [5.41, 5.74) is 3.59. The van der Waals surface area contributed by atoms with Gasteiger partial charge in [-0.05, 0) is 41.2 Å². The second kappa shape index (κ2) is 7.66. The molecule has 1 aliphatic rings. The minimum atomic E-state index is -4.89. The fraction of sp³-hybridized carbons (Fsp3) is 0.333. The molecule has 0 fully saturated rings. The van der Waals surface area contributed by atoms with Gasteiger partial charge in [0.05, 0.1) is 7.11 Å². The third-order valence-corrected chi connectivity index (χ3v) is 5.05. The number of methoxy groups -OCH3 is 1. The predicted octanol–water partition coefficient (Wildman–Crippen LogP) is 4.23. The molecule has 28 heavy (non-hydrogen) atoms. The number of benzene rings is 2. The molecule has 7 heteroatoms. The summed E-state index contributed by atoms with van der Waals surface area (Å²) in [5.74, 6) is -1.57. The van der Waals surface area contributed by atoms with E-state index < -0.39 is 12.1 Å². The molecule has 0 saturated heterocycles. The van der Waals surface area contributed by atoms with Crippen molar-refractivity contribution in [1.82, 2.24) is 4.90 Å². The Balaban J connectivity index is 2.05. The van der Waals surface area contributed by atoms with Crippen LogP contribution < -0.4 is 4.74 Å². The normalized spacial score (nSPS) is 16.9. The van der Waals surface area contributed by atoms with Crippen LogP contribution in [0.2, 0.25) is 0 Å². The Morgan fingerprint density at radius 3 is 2.57 bits per heavy atom. The molecule has 4 nitrogen and oxygen atoms in total. The van der Waals surface area contributed by atoms with Crippen LogP contribution in [0.15, 0.2) is 36.4 Å². The van der Waals surface area contributed by atoms with Gasteiger partial charge in [-0.25, -0.2) is 0 Å². The number of nitrogens with zero attached hydrogens (tertiary/aromatic N) is 1. The van der Waals surface area contributed by atoms with Crippen molar-refractivity contribution in [3.05, 3.63) is 53.1 Å². The summed E-state index contributed by atoms with van der Waals surface area (Å²) in [6.45, 7) is 1.76. The summed E-state index contributed by atoms with van der Waals surface area (Å²) in [6, 6.07) is 10.7. The van der Waals surface area contributed by atoms with Crippen LogP contribution in [-0.4, -0.2) is 43.5 Å². The molecule has 1 aliphatic heterocycles. The van der Waals surface area contributed by atoms with Gasteiger partial charge in [0.1, 0.15) is 5.75 Å². The first-order chi connectivity index (χ1) is 13.3. The van der Waals surface area contributed by atoms with Crippen LogP contribution in [0, 0.1) is 0 Å². The Kier molecular flexibility index (Phi) is 5.45. The maximum atomic E-state index is 12.9. The largest absolute Gasteiger partial charge is 0.496 e. The van der Waals surface area contributed by atoms with Gasteiger partial charge in [-0.15, -0.1) is 0 Å². The lowest BCUT2D eigenvalue weighted by molar-refractivity contribution is -0.185. The van der Waals surface area contributed by atoms with Crippen molar-refractivity contribution >= 4 is 12.2 Å². The lowest BCUT2D eigenvalue weighted by atomic mass is 9.89. The van der Waals surface area contributed by atoms with Gasteiger partial charge in [0, 0.05) is 24.2 Å². The second-order valence-corrected chi connectivity index (χ2v) is 6.86. The van der Waals surface area contributed by atoms with Crippen LogP contribution in [0.4, 0.5) is 13.2 Å². The van der Waals surface area contributed by atoms with Gasteiger partial charge < -0.3 is 9.64 Å². The monoisotopic (exact) mass is 391 g/mol. The molecule has 0 saturated carbocycles. The summed E-state index contributed by atoms with van der Waals surface area (Å²) >= 11 is 0. The van der Waals surface area contributed by atoms with E-state index in [0.29, 0.717) is 28.9 Å². The number of ether oxygens (including phenoxy) is 1. The Bertz CT molecular complexity index is 908. The number of hydrogen-bond acceptors (Lipinski definition) is 3. The zero-order valence-electron chi connectivity index (χ0n) is 15.5. The Morgan fingerprint density at radius 2 is 1.93 bits per heavy atom. The number of carbonyl (C=O) groups excluding carboxylic acids is 2. The molecule has 148 valence electrons. The SMILES string of the molecule is COc1cc2c(cc1-c1ccccc1C=O)C(C)CN(C(=O)C(F)(F)F)CC2. The van der Waals surface area contributed by atoms with Gasteiger partial charge in [-0.2, -0.15) is 13.2 Å². The predicted molar refractivity (Wildman–Crippen MR) is 98.6 cm³/mol. The first-order valence-electron chi connectivity index (χ1n) is 8.87. The van der Waals surface area contributed by atoms with Gasteiger partial charge in [-0.3, -0.25) is 9.59 Å². The third-order valence-electron chi connectivity index (χ3n) is 5.05. The average molecular weight is 391 g/mol. The van der Waals surface area contributed by atoms with E-state index in [9.17, 15) is 22.8 Å². The summed E-state index contributed by atoms with van der Waals surface area (Å²) < 4.78 is 44.1. The van der Waals surface area contributed by atoms with Crippen molar-refractivity contribution in [3.63, 3.8) is 0 Å². The van der Waals surface area contributed by atoms with Gasteiger partial charge in [0.2, 0.25) is 0 Å². The fourth-order valence-corrected chi connectivity index (χ4v) is 3.68. The van der Waals surface area contributed by atoms with E-state index in [4.69, 9.17) is 4.74 Å². The van der Waals surface area contributed by atoms with Crippen molar-refractivity contribution in [1.29, 1.82) is 0 Å². The molecule has 0 aliphatic carbocycles. The zero-order chi connectivity index (χ0) is 20.5. The van der Waals surface area contributed by atoms with Crippen LogP contribution in [0.5, 0.6) is 5.75 Å². The molecule has 0 bridgehead atoms. The first-order valence-corrected chi connectivity index (χ1v) is 8.87. The Morgan fingerprint density at radius 1 is 1.21 bits per heavy atom. The van der Waals surface area contributed by atoms with E-state index >= 15 is 0 Å². The molecule has 0 aromatic heterocycles. The van der Waals surface area contributed by atoms with E-state index in [2.05, 4.69) is 0 Å². The van der Waals surface area contributed by atoms with E-state index in [-0.39, 0.29) is 19.0 Å². The summed E-state index contributed by atoms with van der Waals surface area (Å²) in [6.07, 6.45) is -3.83. The molecule has 1 heterocycles. The van der Waals surface area contributed by atoms with Crippen LogP contribution in [-0.2, 0) is 11.2 Å². The van der Waals surface area contributed by atoms with E-state index in [1.807, 2.05) is 6.07 Å². The smallest absolute Gasteiger partial charge is 0.471 e. The zero-order valence-corrected chi connectivity index (χ0v) is 15.5. The molecular formula is C21H20F3NO3. The Labute approximate surface area is 160 Å². The van der Waals surface area contributed by atoms with Gasteiger partial charge in [-0.1, -0.05) is 31.2 Å². The molecule has 0 N–H and O–H groups in total.